The molecule has 0 spiro atoms. The van der Waals surface area contributed by atoms with Crippen LogP contribution in [0.15, 0.2) is 73.1 Å². The minimum atomic E-state index is -0.462. The summed E-state index contributed by atoms with van der Waals surface area (Å²) in [7, 11) is -0.462. The van der Waals surface area contributed by atoms with E-state index in [4.69, 9.17) is 0 Å². The third-order valence-corrected chi connectivity index (χ3v) is 4.87. The lowest BCUT2D eigenvalue weighted by Gasteiger charge is -2.01. The van der Waals surface area contributed by atoms with Gasteiger partial charge in [-0.05, 0) is 29.8 Å². The highest BCUT2D eigenvalue weighted by Crippen LogP contribution is 2.03. The molecule has 3 rings (SSSR count). The van der Waals surface area contributed by atoms with Gasteiger partial charge < -0.3 is 0 Å². The smallest absolute Gasteiger partial charge is 0.111 e. The zero-order valence-corrected chi connectivity index (χ0v) is 13.1. The Hall–Kier alpha value is -2.52. The van der Waals surface area contributed by atoms with Crippen LogP contribution in [0.4, 0.5) is 0 Å². The average molecular weight is 288 g/mol. The van der Waals surface area contributed by atoms with Gasteiger partial charge in [0.15, 0.2) is 0 Å². The predicted octanol–water partition coefficient (Wildman–Crippen LogP) is 1.77. The Morgan fingerprint density at radius 2 is 1.62 bits per heavy atom. The van der Waals surface area contributed by atoms with E-state index in [1.165, 1.54) is 10.5 Å². The summed E-state index contributed by atoms with van der Waals surface area (Å²) in [6.45, 7) is 0. The molecule has 0 fully saturated rings. The molecule has 3 heteroatoms. The summed E-state index contributed by atoms with van der Waals surface area (Å²) in [5.41, 5.74) is 2.06. The van der Waals surface area contributed by atoms with E-state index in [0.29, 0.717) is 0 Å². The van der Waals surface area contributed by atoms with Crippen molar-refractivity contribution in [2.75, 3.05) is 0 Å². The Kier molecular flexibility index (Phi) is 4.34. The first kappa shape index (κ1) is 13.5. The van der Waals surface area contributed by atoms with Gasteiger partial charge in [0.2, 0.25) is 0 Å². The second-order valence-electron chi connectivity index (χ2n) is 4.83. The van der Waals surface area contributed by atoms with Crippen LogP contribution in [-0.2, 0) is 0 Å². The summed E-state index contributed by atoms with van der Waals surface area (Å²) in [4.78, 5) is 8.84. The molecule has 21 heavy (non-hydrogen) atoms. The van der Waals surface area contributed by atoms with E-state index in [9.17, 15) is 0 Å². The lowest BCUT2D eigenvalue weighted by molar-refractivity contribution is 1.30. The second-order valence-corrected chi connectivity index (χ2v) is 6.73. The lowest BCUT2D eigenvalue weighted by atomic mass is 10.2. The topological polar surface area (TPSA) is 25.8 Å². The van der Waals surface area contributed by atoms with Gasteiger partial charge in [0.1, 0.15) is 9.52 Å². The predicted molar refractivity (Wildman–Crippen MR) is 91.7 cm³/mol. The van der Waals surface area contributed by atoms with Crippen LogP contribution in [0, 0.1) is 0 Å². The molecule has 0 N–H and O–H groups in total. The molecule has 0 aliphatic heterocycles. The number of nitrogens with zero attached hydrogens (tertiary/aromatic N) is 2. The van der Waals surface area contributed by atoms with Crippen molar-refractivity contribution in [1.82, 2.24) is 9.97 Å². The average Bonchev–Trinajstić information content (AvgIpc) is 2.56. The van der Waals surface area contributed by atoms with Gasteiger partial charge in [0.05, 0.1) is 5.69 Å². The summed E-state index contributed by atoms with van der Waals surface area (Å²) in [5, 5.41) is 2.64. The number of rotatable bonds is 4. The number of pyridine rings is 2. The first-order chi connectivity index (χ1) is 10.4. The van der Waals surface area contributed by atoms with Gasteiger partial charge in [-0.15, -0.1) is 0 Å². The molecule has 3 aromatic rings. The van der Waals surface area contributed by atoms with E-state index in [2.05, 4.69) is 52.4 Å². The molecule has 0 aliphatic carbocycles. The Morgan fingerprint density at radius 3 is 2.33 bits per heavy atom. The number of hydrogen-bond acceptors (Lipinski definition) is 2. The van der Waals surface area contributed by atoms with Crippen molar-refractivity contribution in [2.24, 2.45) is 0 Å². The van der Waals surface area contributed by atoms with Crippen molar-refractivity contribution < 1.29 is 0 Å². The van der Waals surface area contributed by atoms with Crippen molar-refractivity contribution in [1.29, 1.82) is 0 Å². The van der Waals surface area contributed by atoms with E-state index in [1.807, 2.05) is 36.5 Å². The van der Waals surface area contributed by atoms with Crippen molar-refractivity contribution in [3.63, 3.8) is 0 Å². The molecule has 0 amide bonds. The van der Waals surface area contributed by atoms with Crippen LogP contribution >= 0.6 is 0 Å². The zero-order valence-electron chi connectivity index (χ0n) is 11.7. The molecule has 0 radical (unpaired) electrons. The van der Waals surface area contributed by atoms with Crippen LogP contribution in [0.5, 0.6) is 0 Å². The quantitative estimate of drug-likeness (QED) is 0.684. The van der Waals surface area contributed by atoms with Gasteiger partial charge in [0, 0.05) is 17.7 Å². The van der Waals surface area contributed by atoms with Crippen molar-refractivity contribution in [3.05, 3.63) is 84.3 Å². The van der Waals surface area contributed by atoms with Crippen LogP contribution in [0.25, 0.3) is 12.2 Å². The molecular formula is C18H16N2Si. The second kappa shape index (κ2) is 6.77. The summed E-state index contributed by atoms with van der Waals surface area (Å²) >= 11 is 0. The van der Waals surface area contributed by atoms with Crippen LogP contribution in [-0.4, -0.2) is 19.5 Å². The number of aromatic nitrogens is 2. The molecule has 102 valence electrons. The SMILES string of the molecule is C(=Cc1ccccn1)c1ccc([SiH2]c2ccccc2)nc1. The van der Waals surface area contributed by atoms with Gasteiger partial charge in [-0.3, -0.25) is 9.97 Å². The summed E-state index contributed by atoms with van der Waals surface area (Å²) in [5.74, 6) is 0. The van der Waals surface area contributed by atoms with E-state index < -0.39 is 9.52 Å². The van der Waals surface area contributed by atoms with Gasteiger partial charge in [-0.2, -0.15) is 0 Å². The van der Waals surface area contributed by atoms with Crippen LogP contribution in [0.3, 0.4) is 0 Å². The highest BCUT2D eigenvalue weighted by Gasteiger charge is 1.98. The first-order valence-electron chi connectivity index (χ1n) is 6.98. The standard InChI is InChI=1S/C18H16N2Si/c1-2-7-17(8-3-1)21-18-12-10-15(14-20-18)9-11-16-6-4-5-13-19-16/h1-14H,21H2. The highest BCUT2D eigenvalue weighted by atomic mass is 28.2. The molecule has 2 nitrogen and oxygen atoms in total. The third-order valence-electron chi connectivity index (χ3n) is 3.21. The summed E-state index contributed by atoms with van der Waals surface area (Å²) in [6, 6.07) is 20.7. The molecular weight excluding hydrogens is 272 g/mol. The van der Waals surface area contributed by atoms with E-state index in [1.54, 1.807) is 6.20 Å². The minimum Gasteiger partial charge on any atom is -0.266 e. The molecule has 0 unspecified atom stereocenters. The Morgan fingerprint density at radius 1 is 0.762 bits per heavy atom. The summed E-state index contributed by atoms with van der Waals surface area (Å²) in [6.07, 6.45) is 7.78. The molecule has 2 aromatic heterocycles. The fourth-order valence-electron chi connectivity index (χ4n) is 2.10. The van der Waals surface area contributed by atoms with Gasteiger partial charge in [-0.25, -0.2) is 0 Å². The maximum Gasteiger partial charge on any atom is 0.111 e. The highest BCUT2D eigenvalue weighted by molar-refractivity contribution is 6.66. The Labute approximate surface area is 127 Å². The normalized spacial score (nSPS) is 11.4. The maximum atomic E-state index is 4.58. The third kappa shape index (κ3) is 3.97. The summed E-state index contributed by atoms with van der Waals surface area (Å²) < 4.78 is 0. The largest absolute Gasteiger partial charge is 0.266 e. The molecule has 2 heterocycles. The Balaban J connectivity index is 1.68. The lowest BCUT2D eigenvalue weighted by Crippen LogP contribution is -2.28. The Bertz CT molecular complexity index is 707. The monoisotopic (exact) mass is 288 g/mol. The van der Waals surface area contributed by atoms with E-state index in [-0.39, 0.29) is 0 Å². The van der Waals surface area contributed by atoms with Gasteiger partial charge >= 0.3 is 0 Å². The van der Waals surface area contributed by atoms with Crippen LogP contribution in [0.1, 0.15) is 11.3 Å². The minimum absolute atomic E-state index is 0.462. The molecule has 0 saturated heterocycles. The van der Waals surface area contributed by atoms with Crippen LogP contribution in [0.2, 0.25) is 0 Å². The van der Waals surface area contributed by atoms with Crippen molar-refractivity contribution >= 4 is 32.2 Å². The maximum absolute atomic E-state index is 4.58. The number of benzene rings is 1. The van der Waals surface area contributed by atoms with Gasteiger partial charge in [0.25, 0.3) is 0 Å². The fraction of sp³-hybridized carbons (Fsp3) is 0. The van der Waals surface area contributed by atoms with Crippen molar-refractivity contribution in [2.45, 2.75) is 0 Å². The van der Waals surface area contributed by atoms with E-state index in [0.717, 1.165) is 11.3 Å². The fourth-order valence-corrected chi connectivity index (χ4v) is 3.44. The van der Waals surface area contributed by atoms with Crippen molar-refractivity contribution in [3.8, 4) is 0 Å². The van der Waals surface area contributed by atoms with Gasteiger partial charge in [-0.1, -0.05) is 53.7 Å². The number of hydrogen-bond donors (Lipinski definition) is 0. The molecule has 0 bridgehead atoms. The molecule has 0 saturated carbocycles. The van der Waals surface area contributed by atoms with Crippen LogP contribution < -0.4 is 10.5 Å². The van der Waals surface area contributed by atoms with E-state index >= 15 is 0 Å². The molecule has 0 aliphatic rings. The first-order valence-corrected chi connectivity index (χ1v) is 8.39. The zero-order chi connectivity index (χ0) is 14.3. The molecule has 0 atom stereocenters. The molecule has 1 aromatic carbocycles.